The lowest BCUT2D eigenvalue weighted by atomic mass is 10.0. The third kappa shape index (κ3) is 2.60. The summed E-state index contributed by atoms with van der Waals surface area (Å²) in [6.07, 6.45) is 0. The fourth-order valence-corrected chi connectivity index (χ4v) is 3.20. The highest BCUT2D eigenvalue weighted by molar-refractivity contribution is 5.77. The maximum absolute atomic E-state index is 12.8. The van der Waals surface area contributed by atoms with E-state index in [0.717, 1.165) is 22.6 Å². The number of nitrogens with one attached hydrogen (secondary N) is 3. The summed E-state index contributed by atoms with van der Waals surface area (Å²) in [5.41, 5.74) is 2.31. The largest absolute Gasteiger partial charge is 0.394 e. The van der Waals surface area contributed by atoms with Crippen LogP contribution in [-0.2, 0) is 12.1 Å². The molecule has 0 saturated carbocycles. The van der Waals surface area contributed by atoms with E-state index in [-0.39, 0.29) is 12.6 Å². The Labute approximate surface area is 141 Å². The molecule has 3 rings (SSSR count). The van der Waals surface area contributed by atoms with Crippen molar-refractivity contribution in [1.82, 2.24) is 20.4 Å². The van der Waals surface area contributed by atoms with Crippen molar-refractivity contribution in [3.8, 4) is 0 Å². The highest BCUT2D eigenvalue weighted by atomic mass is 16.3. The number of amides is 2. The number of rotatable bonds is 4. The number of carbonyl (C=O) groups excluding carboxylic acids is 1. The minimum Gasteiger partial charge on any atom is -0.394 e. The van der Waals surface area contributed by atoms with E-state index < -0.39 is 11.6 Å². The second-order valence-corrected chi connectivity index (χ2v) is 6.42. The third-order valence-corrected chi connectivity index (χ3v) is 4.63. The molecule has 0 bridgehead atoms. The molecule has 0 spiro atoms. The molecule has 0 fully saturated rings. The summed E-state index contributed by atoms with van der Waals surface area (Å²) in [6.45, 7) is 4.27. The predicted octanol–water partition coefficient (Wildman–Crippen LogP) is 1.95. The summed E-state index contributed by atoms with van der Waals surface area (Å²) in [5.74, 6) is 0.759. The van der Waals surface area contributed by atoms with Gasteiger partial charge in [0.15, 0.2) is 5.82 Å². The number of hydrogen-bond acceptors (Lipinski definition) is 4. The number of anilines is 1. The number of nitrogens with zero attached hydrogens (tertiary/aromatic N) is 2. The maximum atomic E-state index is 12.8. The van der Waals surface area contributed by atoms with Gasteiger partial charge in [0.1, 0.15) is 0 Å². The van der Waals surface area contributed by atoms with Gasteiger partial charge in [-0.15, -0.1) is 0 Å². The number of aliphatic hydroxyl groups is 1. The van der Waals surface area contributed by atoms with Gasteiger partial charge in [-0.2, -0.15) is 5.10 Å². The first-order chi connectivity index (χ1) is 11.5. The quantitative estimate of drug-likeness (QED) is 0.690. The highest BCUT2D eigenvalue weighted by Gasteiger charge is 2.43. The van der Waals surface area contributed by atoms with E-state index in [9.17, 15) is 9.90 Å². The SMILES string of the molecule is CNc1n[nH]c2c1CN(C(=O)NC(CO)c1ccccc1)C2(C)C. The Bertz CT molecular complexity index is 726. The van der Waals surface area contributed by atoms with Gasteiger partial charge in [0.25, 0.3) is 0 Å². The molecule has 1 aromatic heterocycles. The molecule has 1 aliphatic rings. The number of carbonyl (C=O) groups is 1. The Hall–Kier alpha value is -2.54. The van der Waals surface area contributed by atoms with Gasteiger partial charge in [-0.05, 0) is 19.4 Å². The van der Waals surface area contributed by atoms with Crippen LogP contribution in [0.5, 0.6) is 0 Å². The zero-order chi connectivity index (χ0) is 17.3. The summed E-state index contributed by atoms with van der Waals surface area (Å²) in [7, 11) is 1.81. The van der Waals surface area contributed by atoms with Crippen LogP contribution in [0, 0.1) is 0 Å². The zero-order valence-corrected chi connectivity index (χ0v) is 14.1. The summed E-state index contributed by atoms with van der Waals surface area (Å²) >= 11 is 0. The fraction of sp³-hybridized carbons (Fsp3) is 0.412. The standard InChI is InChI=1S/C17H23N5O2/c1-17(2)14-12(15(18-3)21-20-14)9-22(17)16(24)19-13(10-23)11-7-5-4-6-8-11/h4-8,13,23H,9-10H2,1-3H3,(H,19,24)(H2,18,20,21). The van der Waals surface area contributed by atoms with E-state index in [0.29, 0.717) is 6.54 Å². The lowest BCUT2D eigenvalue weighted by molar-refractivity contribution is 0.134. The molecule has 1 unspecified atom stereocenters. The molecule has 4 N–H and O–H groups in total. The second kappa shape index (κ2) is 6.16. The predicted molar refractivity (Wildman–Crippen MR) is 91.5 cm³/mol. The van der Waals surface area contributed by atoms with E-state index in [1.54, 1.807) is 4.90 Å². The zero-order valence-electron chi connectivity index (χ0n) is 14.1. The van der Waals surface area contributed by atoms with Crippen molar-refractivity contribution in [3.63, 3.8) is 0 Å². The number of hydrogen-bond donors (Lipinski definition) is 4. The molecule has 0 aliphatic carbocycles. The fourth-order valence-electron chi connectivity index (χ4n) is 3.20. The molecule has 2 aromatic rings. The smallest absolute Gasteiger partial charge is 0.319 e. The van der Waals surface area contributed by atoms with Gasteiger partial charge >= 0.3 is 6.03 Å². The average molecular weight is 329 g/mol. The molecule has 7 nitrogen and oxygen atoms in total. The van der Waals surface area contributed by atoms with Crippen LogP contribution < -0.4 is 10.6 Å². The lowest BCUT2D eigenvalue weighted by Gasteiger charge is -2.33. The van der Waals surface area contributed by atoms with Crippen molar-refractivity contribution in [2.75, 3.05) is 19.0 Å². The minimum absolute atomic E-state index is 0.154. The molecule has 7 heteroatoms. The van der Waals surface area contributed by atoms with Gasteiger partial charge < -0.3 is 20.6 Å². The van der Waals surface area contributed by atoms with Crippen LogP contribution in [0.15, 0.2) is 30.3 Å². The minimum atomic E-state index is -0.502. The first-order valence-corrected chi connectivity index (χ1v) is 7.98. The van der Waals surface area contributed by atoms with Crippen LogP contribution in [0.25, 0.3) is 0 Å². The van der Waals surface area contributed by atoms with Crippen LogP contribution in [0.4, 0.5) is 10.6 Å². The Morgan fingerprint density at radius 1 is 1.42 bits per heavy atom. The molecule has 24 heavy (non-hydrogen) atoms. The number of fused-ring (bicyclic) bond motifs is 1. The van der Waals surface area contributed by atoms with Gasteiger partial charge in [0.2, 0.25) is 0 Å². The monoisotopic (exact) mass is 329 g/mol. The maximum Gasteiger partial charge on any atom is 0.319 e. The molecule has 2 amide bonds. The van der Waals surface area contributed by atoms with Crippen LogP contribution >= 0.6 is 0 Å². The molecule has 1 atom stereocenters. The molecule has 128 valence electrons. The van der Waals surface area contributed by atoms with Crippen LogP contribution in [0.3, 0.4) is 0 Å². The number of benzene rings is 1. The molecule has 1 aromatic carbocycles. The van der Waals surface area contributed by atoms with Gasteiger partial charge in [-0.25, -0.2) is 4.79 Å². The van der Waals surface area contributed by atoms with E-state index in [4.69, 9.17) is 0 Å². The Morgan fingerprint density at radius 3 is 2.75 bits per heavy atom. The second-order valence-electron chi connectivity index (χ2n) is 6.42. The summed E-state index contributed by atoms with van der Waals surface area (Å²) in [5, 5.41) is 22.9. The van der Waals surface area contributed by atoms with Gasteiger partial charge in [0.05, 0.1) is 30.4 Å². The summed E-state index contributed by atoms with van der Waals surface area (Å²) < 4.78 is 0. The van der Waals surface area contributed by atoms with Crippen molar-refractivity contribution in [2.45, 2.75) is 32.0 Å². The van der Waals surface area contributed by atoms with Crippen LogP contribution in [-0.4, -0.2) is 39.9 Å². The molecular weight excluding hydrogens is 306 g/mol. The molecular formula is C17H23N5O2. The van der Waals surface area contributed by atoms with Gasteiger partial charge in [0, 0.05) is 12.6 Å². The first kappa shape index (κ1) is 16.3. The Morgan fingerprint density at radius 2 is 2.12 bits per heavy atom. The summed E-state index contributed by atoms with van der Waals surface area (Å²) in [4.78, 5) is 14.6. The van der Waals surface area contributed by atoms with Crippen molar-refractivity contribution in [3.05, 3.63) is 47.2 Å². The molecule has 2 heterocycles. The number of aromatic nitrogens is 2. The van der Waals surface area contributed by atoms with Crippen molar-refractivity contribution in [1.29, 1.82) is 0 Å². The normalized spacial score (nSPS) is 16.6. The van der Waals surface area contributed by atoms with E-state index in [1.165, 1.54) is 0 Å². The van der Waals surface area contributed by atoms with E-state index in [1.807, 2.05) is 51.2 Å². The topological polar surface area (TPSA) is 93.3 Å². The Balaban J connectivity index is 1.79. The van der Waals surface area contributed by atoms with Crippen molar-refractivity contribution in [2.24, 2.45) is 0 Å². The molecule has 0 saturated heterocycles. The first-order valence-electron chi connectivity index (χ1n) is 7.98. The highest BCUT2D eigenvalue weighted by Crippen LogP contribution is 2.40. The number of aromatic amines is 1. The third-order valence-electron chi connectivity index (χ3n) is 4.63. The van der Waals surface area contributed by atoms with E-state index in [2.05, 4.69) is 20.8 Å². The lowest BCUT2D eigenvalue weighted by Crippen LogP contribution is -2.47. The number of urea groups is 1. The number of aliphatic hydroxyl groups excluding tert-OH is 1. The van der Waals surface area contributed by atoms with E-state index >= 15 is 0 Å². The van der Waals surface area contributed by atoms with Gasteiger partial charge in [-0.3, -0.25) is 5.10 Å². The van der Waals surface area contributed by atoms with Crippen molar-refractivity contribution < 1.29 is 9.90 Å². The van der Waals surface area contributed by atoms with Crippen LogP contribution in [0.2, 0.25) is 0 Å². The van der Waals surface area contributed by atoms with Crippen LogP contribution in [0.1, 0.15) is 36.7 Å². The molecule has 1 aliphatic heterocycles. The number of H-pyrrole nitrogens is 1. The Kier molecular flexibility index (Phi) is 4.19. The average Bonchev–Trinajstić information content (AvgIpc) is 3.11. The van der Waals surface area contributed by atoms with Crippen molar-refractivity contribution >= 4 is 11.8 Å². The molecule has 0 radical (unpaired) electrons. The van der Waals surface area contributed by atoms with Gasteiger partial charge in [-0.1, -0.05) is 30.3 Å². The summed E-state index contributed by atoms with van der Waals surface area (Å²) in [6, 6.07) is 8.82.